The number of nitrogens with zero attached hydrogens (tertiary/aromatic N) is 2. The van der Waals surface area contributed by atoms with Crippen molar-refractivity contribution in [2.24, 2.45) is 0 Å². The van der Waals surface area contributed by atoms with Crippen molar-refractivity contribution in [3.8, 4) is 0 Å². The Morgan fingerprint density at radius 3 is 2.03 bits per heavy atom. The van der Waals surface area contributed by atoms with Crippen molar-refractivity contribution >= 4 is 17.5 Å². The molecule has 2 amide bonds. The molecular formula is C27H31N3O3. The molecule has 0 saturated heterocycles. The Hall–Kier alpha value is -3.48. The maximum absolute atomic E-state index is 13.1. The zero-order chi connectivity index (χ0) is 23.6. The third-order valence-corrected chi connectivity index (χ3v) is 5.35. The molecule has 0 fully saturated rings. The van der Waals surface area contributed by atoms with E-state index < -0.39 is 0 Å². The van der Waals surface area contributed by atoms with Crippen LogP contribution in [-0.2, 0) is 4.79 Å². The minimum Gasteiger partial charge on any atom is -0.396 e. The Kier molecular flexibility index (Phi) is 8.75. The Labute approximate surface area is 195 Å². The van der Waals surface area contributed by atoms with E-state index in [1.807, 2.05) is 36.4 Å². The van der Waals surface area contributed by atoms with Crippen LogP contribution in [0.3, 0.4) is 0 Å². The fraction of sp³-hybridized carbons (Fsp3) is 0.259. The minimum absolute atomic E-state index is 0.0448. The summed E-state index contributed by atoms with van der Waals surface area (Å²) < 4.78 is 0. The molecule has 0 aliphatic carbocycles. The van der Waals surface area contributed by atoms with Gasteiger partial charge in [-0.05, 0) is 35.7 Å². The van der Waals surface area contributed by atoms with Crippen molar-refractivity contribution in [2.45, 2.75) is 12.5 Å². The molecule has 0 radical (unpaired) electrons. The van der Waals surface area contributed by atoms with Crippen molar-refractivity contribution in [2.75, 3.05) is 39.1 Å². The number of amides is 2. The second-order valence-corrected chi connectivity index (χ2v) is 8.10. The van der Waals surface area contributed by atoms with Gasteiger partial charge in [-0.1, -0.05) is 66.7 Å². The summed E-state index contributed by atoms with van der Waals surface area (Å²) in [6.45, 7) is 0.737. The predicted octanol–water partition coefficient (Wildman–Crippen LogP) is 3.80. The van der Waals surface area contributed by atoms with Gasteiger partial charge in [0, 0.05) is 38.5 Å². The van der Waals surface area contributed by atoms with E-state index in [9.17, 15) is 14.7 Å². The summed E-state index contributed by atoms with van der Waals surface area (Å²) in [6, 6.07) is 26.9. The molecule has 0 bridgehead atoms. The third kappa shape index (κ3) is 6.75. The maximum atomic E-state index is 13.1. The minimum atomic E-state index is -0.181. The molecule has 3 aromatic rings. The number of nitrogens with one attached hydrogen (secondary N) is 1. The molecule has 3 rings (SSSR count). The van der Waals surface area contributed by atoms with Crippen molar-refractivity contribution in [3.05, 3.63) is 102 Å². The fourth-order valence-electron chi connectivity index (χ4n) is 3.83. The van der Waals surface area contributed by atoms with Gasteiger partial charge in [0.2, 0.25) is 5.91 Å². The summed E-state index contributed by atoms with van der Waals surface area (Å²) in [5, 5.41) is 12.4. The van der Waals surface area contributed by atoms with E-state index in [-0.39, 0.29) is 31.0 Å². The number of rotatable bonds is 10. The first-order valence-corrected chi connectivity index (χ1v) is 11.1. The Balaban J connectivity index is 1.84. The molecule has 0 heterocycles. The summed E-state index contributed by atoms with van der Waals surface area (Å²) >= 11 is 0. The lowest BCUT2D eigenvalue weighted by Crippen LogP contribution is -2.38. The van der Waals surface area contributed by atoms with Crippen LogP contribution in [0.25, 0.3) is 0 Å². The number of hydrogen-bond donors (Lipinski definition) is 2. The normalized spacial score (nSPS) is 10.9. The zero-order valence-corrected chi connectivity index (χ0v) is 19.1. The van der Waals surface area contributed by atoms with E-state index in [0.717, 1.165) is 11.1 Å². The Morgan fingerprint density at radius 1 is 0.879 bits per heavy atom. The van der Waals surface area contributed by atoms with Crippen LogP contribution in [0, 0.1) is 0 Å². The lowest BCUT2D eigenvalue weighted by Gasteiger charge is -2.32. The largest absolute Gasteiger partial charge is 0.396 e. The highest BCUT2D eigenvalue weighted by Gasteiger charge is 2.24. The van der Waals surface area contributed by atoms with E-state index in [1.165, 1.54) is 4.90 Å². The van der Waals surface area contributed by atoms with Gasteiger partial charge >= 0.3 is 0 Å². The highest BCUT2D eigenvalue weighted by molar-refractivity contribution is 5.97. The van der Waals surface area contributed by atoms with Gasteiger partial charge < -0.3 is 15.3 Å². The zero-order valence-electron chi connectivity index (χ0n) is 19.1. The van der Waals surface area contributed by atoms with Gasteiger partial charge in [-0.15, -0.1) is 0 Å². The van der Waals surface area contributed by atoms with E-state index >= 15 is 0 Å². The lowest BCUT2D eigenvalue weighted by molar-refractivity contribution is -0.117. The average molecular weight is 446 g/mol. The number of aliphatic hydroxyl groups is 1. The fourth-order valence-corrected chi connectivity index (χ4v) is 3.83. The molecule has 172 valence electrons. The highest BCUT2D eigenvalue weighted by atomic mass is 16.3. The standard InChI is InChI=1S/C27H31N3O3/c1-29(2)27(33)23-15-9-16-24(19-23)28-25(32)20-30(17-10-18-31)26(21-11-5-3-6-12-21)22-13-7-4-8-14-22/h3-9,11-16,19,26,31H,10,17-18,20H2,1-2H3,(H,28,32). The van der Waals surface area contributed by atoms with Gasteiger partial charge in [0.15, 0.2) is 0 Å². The first-order chi connectivity index (χ1) is 16.0. The molecule has 6 heteroatoms. The Morgan fingerprint density at radius 2 is 1.48 bits per heavy atom. The van der Waals surface area contributed by atoms with Gasteiger partial charge in [0.05, 0.1) is 12.6 Å². The summed E-state index contributed by atoms with van der Waals surface area (Å²) in [7, 11) is 3.39. The van der Waals surface area contributed by atoms with Crippen LogP contribution >= 0.6 is 0 Å². The van der Waals surface area contributed by atoms with Crippen molar-refractivity contribution in [3.63, 3.8) is 0 Å². The van der Waals surface area contributed by atoms with Crippen LogP contribution in [0.5, 0.6) is 0 Å². The summed E-state index contributed by atoms with van der Waals surface area (Å²) in [4.78, 5) is 28.9. The lowest BCUT2D eigenvalue weighted by atomic mass is 9.96. The summed E-state index contributed by atoms with van der Waals surface area (Å²) in [6.07, 6.45) is 0.552. The van der Waals surface area contributed by atoms with Gasteiger partial charge in [-0.25, -0.2) is 0 Å². The SMILES string of the molecule is CN(C)C(=O)c1cccc(NC(=O)CN(CCCO)C(c2ccccc2)c2ccccc2)c1. The van der Waals surface area contributed by atoms with Gasteiger partial charge in [0.1, 0.15) is 0 Å². The average Bonchev–Trinajstić information content (AvgIpc) is 2.83. The molecule has 0 aliphatic rings. The molecule has 3 aromatic carbocycles. The molecular weight excluding hydrogens is 414 g/mol. The molecule has 0 aliphatic heterocycles. The molecule has 0 aromatic heterocycles. The van der Waals surface area contributed by atoms with Gasteiger partial charge in [0.25, 0.3) is 5.91 Å². The molecule has 0 unspecified atom stereocenters. The van der Waals surface area contributed by atoms with Crippen molar-refractivity contribution < 1.29 is 14.7 Å². The number of hydrogen-bond acceptors (Lipinski definition) is 4. The number of anilines is 1. The van der Waals surface area contributed by atoms with Crippen LogP contribution in [0.15, 0.2) is 84.9 Å². The maximum Gasteiger partial charge on any atom is 0.253 e. The second kappa shape index (κ2) is 11.9. The number of carbonyl (C=O) groups excluding carboxylic acids is 2. The van der Waals surface area contributed by atoms with Crippen LogP contribution < -0.4 is 5.32 Å². The smallest absolute Gasteiger partial charge is 0.253 e. The quantitative estimate of drug-likeness (QED) is 0.498. The first-order valence-electron chi connectivity index (χ1n) is 11.1. The van der Waals surface area contributed by atoms with E-state index in [1.54, 1.807) is 38.4 Å². The molecule has 0 spiro atoms. The summed E-state index contributed by atoms with van der Waals surface area (Å²) in [5.74, 6) is -0.303. The van der Waals surface area contributed by atoms with Crippen LogP contribution in [0.4, 0.5) is 5.69 Å². The van der Waals surface area contributed by atoms with E-state index in [2.05, 4.69) is 34.5 Å². The van der Waals surface area contributed by atoms with Gasteiger partial charge in [-0.2, -0.15) is 0 Å². The van der Waals surface area contributed by atoms with Crippen LogP contribution in [0.1, 0.15) is 33.9 Å². The van der Waals surface area contributed by atoms with Crippen LogP contribution in [0.2, 0.25) is 0 Å². The monoisotopic (exact) mass is 445 g/mol. The van der Waals surface area contributed by atoms with E-state index in [4.69, 9.17) is 0 Å². The number of carbonyl (C=O) groups is 2. The number of benzene rings is 3. The number of aliphatic hydroxyl groups excluding tert-OH is 1. The Bertz CT molecular complexity index is 999. The van der Waals surface area contributed by atoms with Gasteiger partial charge in [-0.3, -0.25) is 14.5 Å². The highest BCUT2D eigenvalue weighted by Crippen LogP contribution is 2.28. The van der Waals surface area contributed by atoms with Crippen LogP contribution in [-0.4, -0.2) is 60.5 Å². The molecule has 2 N–H and O–H groups in total. The second-order valence-electron chi connectivity index (χ2n) is 8.10. The van der Waals surface area contributed by atoms with Crippen molar-refractivity contribution in [1.82, 2.24) is 9.80 Å². The molecule has 6 nitrogen and oxygen atoms in total. The predicted molar refractivity (Wildman–Crippen MR) is 131 cm³/mol. The summed E-state index contributed by atoms with van der Waals surface area (Å²) in [5.41, 5.74) is 3.24. The third-order valence-electron chi connectivity index (χ3n) is 5.35. The van der Waals surface area contributed by atoms with Crippen molar-refractivity contribution in [1.29, 1.82) is 0 Å². The van der Waals surface area contributed by atoms with E-state index in [0.29, 0.717) is 24.2 Å². The molecule has 33 heavy (non-hydrogen) atoms. The first kappa shape index (κ1) is 24.2. The topological polar surface area (TPSA) is 72.9 Å². The molecule has 0 atom stereocenters. The molecule has 0 saturated carbocycles.